The molecule has 1 N–H and O–H groups in total. The van der Waals surface area contributed by atoms with Gasteiger partial charge in [-0.05, 0) is 12.8 Å². The van der Waals surface area contributed by atoms with E-state index in [-0.39, 0.29) is 25.0 Å². The van der Waals surface area contributed by atoms with E-state index in [1.807, 2.05) is 0 Å². The molecule has 0 atom stereocenters. The van der Waals surface area contributed by atoms with E-state index in [2.05, 4.69) is 23.3 Å². The number of β-amino-alcohol motifs (C(OH)–C–C–N with tert-alkyl or cyclic N) is 1. The molecule has 0 fully saturated rings. The van der Waals surface area contributed by atoms with E-state index in [1.54, 1.807) is 0 Å². The van der Waals surface area contributed by atoms with E-state index >= 15 is 0 Å². The number of hydrogen-bond acceptors (Lipinski definition) is 4. The zero-order valence-corrected chi connectivity index (χ0v) is 27.5. The standard InChI is InChI=1S/C34H67N2O3.ClH/c1-3-5-7-9-11-13-15-17-19-21-23-25-33-35(29-31-37)27-28-36(33)30-32-39-34(38)26-24-22-20-18-16-14-12-10-8-6-4-2;/h37H,3-32H2,1-2H3;1H/q+1;/p-1. The van der Waals surface area contributed by atoms with E-state index in [0.717, 1.165) is 38.9 Å². The number of ether oxygens (including phenoxy) is 1. The Kier molecular flexibility index (Phi) is 29.1. The van der Waals surface area contributed by atoms with Crippen molar-refractivity contribution < 1.29 is 31.6 Å². The van der Waals surface area contributed by atoms with Gasteiger partial charge in [-0.25, -0.2) is 0 Å². The quantitative estimate of drug-likeness (QED) is 0.0698. The molecule has 0 aromatic rings. The van der Waals surface area contributed by atoms with Crippen LogP contribution in [0.5, 0.6) is 0 Å². The van der Waals surface area contributed by atoms with Gasteiger partial charge in [-0.15, -0.1) is 0 Å². The molecule has 0 radical (unpaired) electrons. The number of unbranched alkanes of at least 4 members (excludes halogenated alkanes) is 20. The third-order valence-electron chi connectivity index (χ3n) is 8.35. The van der Waals surface area contributed by atoms with E-state index in [0.29, 0.717) is 19.6 Å². The molecular formula is C34H67ClN2O3. The maximum Gasteiger partial charge on any atom is 0.305 e. The Bertz CT molecular complexity index is 600. The van der Waals surface area contributed by atoms with Crippen molar-refractivity contribution >= 4 is 11.8 Å². The highest BCUT2D eigenvalue weighted by Crippen LogP contribution is 2.15. The summed E-state index contributed by atoms with van der Waals surface area (Å²) in [6.45, 7) is 8.66. The first kappa shape index (κ1) is 39.2. The van der Waals surface area contributed by atoms with Gasteiger partial charge in [0.05, 0.1) is 6.61 Å². The van der Waals surface area contributed by atoms with Gasteiger partial charge in [0, 0.05) is 12.8 Å². The minimum Gasteiger partial charge on any atom is -1.00 e. The summed E-state index contributed by atoms with van der Waals surface area (Å²) in [6, 6.07) is 0. The van der Waals surface area contributed by atoms with Gasteiger partial charge in [0.25, 0.3) is 0 Å². The molecule has 1 rings (SSSR count). The molecule has 0 amide bonds. The lowest BCUT2D eigenvalue weighted by molar-refractivity contribution is -0.521. The third-order valence-corrected chi connectivity index (χ3v) is 8.35. The van der Waals surface area contributed by atoms with Gasteiger partial charge >= 0.3 is 5.97 Å². The number of nitrogens with zero attached hydrogens (tertiary/aromatic N) is 2. The van der Waals surface area contributed by atoms with Crippen molar-refractivity contribution in [3.05, 3.63) is 0 Å². The normalized spacial score (nSPS) is 13.2. The van der Waals surface area contributed by atoms with Crippen LogP contribution in [0.25, 0.3) is 0 Å². The number of aliphatic hydroxyl groups is 1. The molecule has 0 bridgehead atoms. The number of amidine groups is 1. The maximum absolute atomic E-state index is 12.2. The molecule has 0 spiro atoms. The number of aliphatic hydroxyl groups excluding tert-OH is 1. The van der Waals surface area contributed by atoms with Crippen LogP contribution >= 0.6 is 0 Å². The smallest absolute Gasteiger partial charge is 0.305 e. The third kappa shape index (κ3) is 21.9. The van der Waals surface area contributed by atoms with Crippen LogP contribution in [-0.4, -0.2) is 65.8 Å². The lowest BCUT2D eigenvalue weighted by atomic mass is 10.1. The van der Waals surface area contributed by atoms with E-state index in [4.69, 9.17) is 4.74 Å². The highest BCUT2D eigenvalue weighted by Gasteiger charge is 2.29. The van der Waals surface area contributed by atoms with Crippen molar-refractivity contribution in [1.82, 2.24) is 4.90 Å². The van der Waals surface area contributed by atoms with Crippen LogP contribution < -0.4 is 12.4 Å². The Hall–Kier alpha value is -0.810. The van der Waals surface area contributed by atoms with E-state index < -0.39 is 0 Å². The second kappa shape index (κ2) is 29.7. The summed E-state index contributed by atoms with van der Waals surface area (Å²) >= 11 is 0. The second-order valence-electron chi connectivity index (χ2n) is 11.9. The summed E-state index contributed by atoms with van der Waals surface area (Å²) in [4.78, 5) is 14.6. The summed E-state index contributed by atoms with van der Waals surface area (Å²) in [5, 5.41) is 9.50. The van der Waals surface area contributed by atoms with Crippen LogP contribution in [0.1, 0.15) is 168 Å². The first-order chi connectivity index (χ1) is 19.2. The Morgan fingerprint density at radius 1 is 0.725 bits per heavy atom. The minimum atomic E-state index is -0.0377. The summed E-state index contributed by atoms with van der Waals surface area (Å²) < 4.78 is 7.93. The van der Waals surface area contributed by atoms with E-state index in [1.165, 1.54) is 134 Å². The van der Waals surface area contributed by atoms with Crippen molar-refractivity contribution in [2.75, 3.05) is 39.4 Å². The average Bonchev–Trinajstić information content (AvgIpc) is 3.31. The predicted molar refractivity (Wildman–Crippen MR) is 167 cm³/mol. The topological polar surface area (TPSA) is 52.8 Å². The summed E-state index contributed by atoms with van der Waals surface area (Å²) in [5.41, 5.74) is 0. The van der Waals surface area contributed by atoms with Crippen molar-refractivity contribution in [2.45, 2.75) is 168 Å². The molecule has 40 heavy (non-hydrogen) atoms. The molecular weight excluding hydrogens is 520 g/mol. The summed E-state index contributed by atoms with van der Waals surface area (Å²) in [6.07, 6.45) is 30.8. The fraction of sp³-hybridized carbons (Fsp3) is 0.941. The SMILES string of the molecule is CCCCCCCCCCCCCC(=O)OCCN1CC[N+](CCO)=C1CCCCCCCCCCCCC.[Cl-]. The molecule has 1 aliphatic heterocycles. The van der Waals surface area contributed by atoms with Crippen molar-refractivity contribution in [3.63, 3.8) is 0 Å². The number of hydrogen-bond donors (Lipinski definition) is 1. The van der Waals surface area contributed by atoms with Crippen LogP contribution in [0, 0.1) is 0 Å². The van der Waals surface area contributed by atoms with Gasteiger partial charge in [-0.3, -0.25) is 14.3 Å². The molecule has 0 saturated heterocycles. The maximum atomic E-state index is 12.2. The molecule has 1 heterocycles. The lowest BCUT2D eigenvalue weighted by Gasteiger charge is -2.14. The van der Waals surface area contributed by atoms with Gasteiger partial charge in [0.1, 0.15) is 32.8 Å². The van der Waals surface area contributed by atoms with Crippen LogP contribution in [-0.2, 0) is 9.53 Å². The number of carbonyl (C=O) groups is 1. The molecule has 0 aromatic heterocycles. The molecule has 5 nitrogen and oxygen atoms in total. The second-order valence-corrected chi connectivity index (χ2v) is 11.9. The van der Waals surface area contributed by atoms with Crippen molar-refractivity contribution in [1.29, 1.82) is 0 Å². The minimum absolute atomic E-state index is 0. The molecule has 0 unspecified atom stereocenters. The highest BCUT2D eigenvalue weighted by molar-refractivity contribution is 5.78. The Labute approximate surface area is 255 Å². The average molecular weight is 587 g/mol. The fourth-order valence-electron chi connectivity index (χ4n) is 5.84. The highest BCUT2D eigenvalue weighted by atomic mass is 35.5. The molecule has 0 saturated carbocycles. The largest absolute Gasteiger partial charge is 1.00 e. The van der Waals surface area contributed by atoms with Crippen LogP contribution in [0.4, 0.5) is 0 Å². The lowest BCUT2D eigenvalue weighted by Crippen LogP contribution is -3.00. The first-order valence-electron chi connectivity index (χ1n) is 17.3. The zero-order valence-electron chi connectivity index (χ0n) is 26.7. The van der Waals surface area contributed by atoms with Crippen molar-refractivity contribution in [2.24, 2.45) is 0 Å². The molecule has 0 aromatic carbocycles. The molecule has 238 valence electrons. The summed E-state index contributed by atoms with van der Waals surface area (Å²) in [7, 11) is 0. The van der Waals surface area contributed by atoms with Crippen LogP contribution in [0.15, 0.2) is 0 Å². The Morgan fingerprint density at radius 3 is 1.65 bits per heavy atom. The van der Waals surface area contributed by atoms with Crippen LogP contribution in [0.3, 0.4) is 0 Å². The Balaban J connectivity index is 0.0000152. The van der Waals surface area contributed by atoms with Gasteiger partial charge < -0.3 is 22.3 Å². The zero-order chi connectivity index (χ0) is 28.2. The van der Waals surface area contributed by atoms with Gasteiger partial charge in [0.2, 0.25) is 5.84 Å². The number of rotatable bonds is 29. The number of halogens is 1. The van der Waals surface area contributed by atoms with Crippen molar-refractivity contribution in [3.8, 4) is 0 Å². The molecule has 0 aliphatic carbocycles. The van der Waals surface area contributed by atoms with E-state index in [9.17, 15) is 9.90 Å². The van der Waals surface area contributed by atoms with Gasteiger partial charge in [-0.1, -0.05) is 142 Å². The predicted octanol–water partition coefficient (Wildman–Crippen LogP) is 5.65. The summed E-state index contributed by atoms with van der Waals surface area (Å²) in [5.74, 6) is 1.31. The number of carbonyl (C=O) groups excluding carboxylic acids is 1. The monoisotopic (exact) mass is 586 g/mol. The molecule has 6 heteroatoms. The first-order valence-corrected chi connectivity index (χ1v) is 17.3. The van der Waals surface area contributed by atoms with Gasteiger partial charge in [0.15, 0.2) is 0 Å². The van der Waals surface area contributed by atoms with Gasteiger partial charge in [-0.2, -0.15) is 0 Å². The Morgan fingerprint density at radius 2 is 1.18 bits per heavy atom. The molecule has 1 aliphatic rings. The fourth-order valence-corrected chi connectivity index (χ4v) is 5.84. The number of esters is 1. The van der Waals surface area contributed by atoms with Crippen LogP contribution in [0.2, 0.25) is 0 Å².